The van der Waals surface area contributed by atoms with Crippen LogP contribution in [0.5, 0.6) is 0 Å². The minimum atomic E-state index is -4.15. The van der Waals surface area contributed by atoms with Crippen molar-refractivity contribution in [3.05, 3.63) is 77.1 Å². The second kappa shape index (κ2) is 7.24. The van der Waals surface area contributed by atoms with E-state index in [1.165, 1.54) is 19.3 Å². The molecule has 0 aliphatic heterocycles. The molecule has 32 heavy (non-hydrogen) atoms. The minimum Gasteiger partial charge on any atom is -0.324 e. The van der Waals surface area contributed by atoms with Crippen LogP contribution in [0.1, 0.15) is 0 Å². The lowest BCUT2D eigenvalue weighted by molar-refractivity contribution is 0.592. The van der Waals surface area contributed by atoms with Crippen molar-refractivity contribution >= 4 is 43.4 Å². The Morgan fingerprint density at radius 1 is 1.03 bits per heavy atom. The first-order valence-electron chi connectivity index (χ1n) is 9.40. The van der Waals surface area contributed by atoms with Crippen LogP contribution >= 0.6 is 0 Å². The number of anilines is 2. The zero-order valence-corrected chi connectivity index (χ0v) is 17.4. The van der Waals surface area contributed by atoms with Gasteiger partial charge < -0.3 is 5.32 Å². The fourth-order valence-corrected chi connectivity index (χ4v) is 4.76. The summed E-state index contributed by atoms with van der Waals surface area (Å²) in [6, 6.07) is 11.1. The lowest BCUT2D eigenvalue weighted by atomic mass is 10.2. The van der Waals surface area contributed by atoms with Gasteiger partial charge in [0.15, 0.2) is 0 Å². The standard InChI is InChI=1S/C21H15FN6O3S/c1-28-19-13(9-18(20(28)29)32(30,31)16-5-2-14(22)3-6-16)10-23-21(26-19)25-15-4-7-17-12(8-15)11-24-27-17/h2-11H,1H3,(H,24,27)(H,23,25,26). The molecular weight excluding hydrogens is 435 g/mol. The molecule has 0 aliphatic rings. The molecule has 0 radical (unpaired) electrons. The van der Waals surface area contributed by atoms with Gasteiger partial charge in [-0.05, 0) is 48.5 Å². The van der Waals surface area contributed by atoms with Crippen LogP contribution < -0.4 is 10.9 Å². The lowest BCUT2D eigenvalue weighted by Gasteiger charge is -2.11. The van der Waals surface area contributed by atoms with Crippen LogP contribution in [0.3, 0.4) is 0 Å². The molecule has 5 aromatic rings. The molecule has 160 valence electrons. The van der Waals surface area contributed by atoms with E-state index >= 15 is 0 Å². The maximum Gasteiger partial charge on any atom is 0.271 e. The van der Waals surface area contributed by atoms with Gasteiger partial charge in [0, 0.05) is 29.7 Å². The number of aromatic amines is 1. The molecule has 5 rings (SSSR count). The van der Waals surface area contributed by atoms with Gasteiger partial charge in [-0.1, -0.05) is 0 Å². The Hall–Kier alpha value is -4.12. The molecule has 3 aromatic heterocycles. The van der Waals surface area contributed by atoms with Gasteiger partial charge in [-0.15, -0.1) is 0 Å². The Morgan fingerprint density at radius 3 is 2.59 bits per heavy atom. The van der Waals surface area contributed by atoms with Crippen LogP contribution in [0.4, 0.5) is 16.0 Å². The summed E-state index contributed by atoms with van der Waals surface area (Å²) in [7, 11) is -2.72. The van der Waals surface area contributed by atoms with Gasteiger partial charge in [-0.2, -0.15) is 10.1 Å². The average Bonchev–Trinajstić information content (AvgIpc) is 3.24. The summed E-state index contributed by atoms with van der Waals surface area (Å²) < 4.78 is 40.3. The predicted octanol–water partition coefficient (Wildman–Crippen LogP) is 2.92. The fourth-order valence-electron chi connectivity index (χ4n) is 3.36. The van der Waals surface area contributed by atoms with Crippen LogP contribution in [-0.4, -0.2) is 33.2 Å². The predicted molar refractivity (Wildman–Crippen MR) is 116 cm³/mol. The van der Waals surface area contributed by atoms with Crippen molar-refractivity contribution in [3.63, 3.8) is 0 Å². The van der Waals surface area contributed by atoms with Crippen molar-refractivity contribution in [1.82, 2.24) is 24.7 Å². The van der Waals surface area contributed by atoms with E-state index in [2.05, 4.69) is 25.5 Å². The number of nitrogens with zero attached hydrogens (tertiary/aromatic N) is 4. The largest absolute Gasteiger partial charge is 0.324 e. The number of benzene rings is 2. The minimum absolute atomic E-state index is 0.177. The van der Waals surface area contributed by atoms with E-state index in [0.29, 0.717) is 5.39 Å². The smallest absolute Gasteiger partial charge is 0.271 e. The summed E-state index contributed by atoms with van der Waals surface area (Å²) in [6.07, 6.45) is 3.12. The van der Waals surface area contributed by atoms with Gasteiger partial charge in [0.1, 0.15) is 16.4 Å². The molecule has 0 saturated heterocycles. The average molecular weight is 450 g/mol. The second-order valence-electron chi connectivity index (χ2n) is 7.10. The number of fused-ring (bicyclic) bond motifs is 2. The molecule has 2 N–H and O–H groups in total. The van der Waals surface area contributed by atoms with E-state index in [-0.39, 0.29) is 16.5 Å². The number of H-pyrrole nitrogens is 1. The first kappa shape index (κ1) is 19.8. The molecule has 0 aliphatic carbocycles. The lowest BCUT2D eigenvalue weighted by Crippen LogP contribution is -2.25. The number of aryl methyl sites for hydroxylation is 1. The number of nitrogens with one attached hydrogen (secondary N) is 2. The zero-order valence-electron chi connectivity index (χ0n) is 16.6. The first-order valence-corrected chi connectivity index (χ1v) is 10.9. The Morgan fingerprint density at radius 2 is 1.81 bits per heavy atom. The maximum atomic E-state index is 13.2. The number of hydrogen-bond donors (Lipinski definition) is 2. The Labute approximate surface area is 180 Å². The zero-order chi connectivity index (χ0) is 22.5. The van der Waals surface area contributed by atoms with Crippen LogP contribution in [0.25, 0.3) is 21.9 Å². The molecule has 0 atom stereocenters. The summed E-state index contributed by atoms with van der Waals surface area (Å²) in [6.45, 7) is 0. The summed E-state index contributed by atoms with van der Waals surface area (Å²) in [5.74, 6) is -0.333. The third kappa shape index (κ3) is 3.28. The van der Waals surface area contributed by atoms with Gasteiger partial charge in [-0.3, -0.25) is 14.5 Å². The fraction of sp³-hybridized carbons (Fsp3) is 0.0476. The van der Waals surface area contributed by atoms with Gasteiger partial charge >= 0.3 is 0 Å². The van der Waals surface area contributed by atoms with Gasteiger partial charge in [0.05, 0.1) is 16.6 Å². The van der Waals surface area contributed by atoms with E-state index in [1.807, 2.05) is 18.2 Å². The van der Waals surface area contributed by atoms with Crippen molar-refractivity contribution in [2.24, 2.45) is 7.05 Å². The number of hydrogen-bond acceptors (Lipinski definition) is 7. The van der Waals surface area contributed by atoms with Crippen LogP contribution in [0.2, 0.25) is 0 Å². The number of rotatable bonds is 4. The SMILES string of the molecule is Cn1c(=O)c(S(=O)(=O)c2ccc(F)cc2)cc2cnc(Nc3ccc4[nH]ncc4c3)nc21. The van der Waals surface area contributed by atoms with E-state index in [4.69, 9.17) is 0 Å². The van der Waals surface area contributed by atoms with Gasteiger partial charge in [0.25, 0.3) is 5.56 Å². The van der Waals surface area contributed by atoms with E-state index in [1.54, 1.807) is 6.20 Å². The van der Waals surface area contributed by atoms with Gasteiger partial charge in [-0.25, -0.2) is 17.8 Å². The Bertz CT molecular complexity index is 1660. The van der Waals surface area contributed by atoms with Crippen molar-refractivity contribution in [3.8, 4) is 0 Å². The molecule has 3 heterocycles. The maximum absolute atomic E-state index is 13.2. The summed E-state index contributed by atoms with van der Waals surface area (Å²) in [4.78, 5) is 20.9. The molecule has 0 saturated carbocycles. The summed E-state index contributed by atoms with van der Waals surface area (Å²) in [5, 5.41) is 11.2. The third-order valence-electron chi connectivity index (χ3n) is 5.03. The molecule has 9 nitrogen and oxygen atoms in total. The number of aromatic nitrogens is 5. The van der Waals surface area contributed by atoms with Crippen molar-refractivity contribution in [2.75, 3.05) is 5.32 Å². The Kier molecular flexibility index (Phi) is 4.48. The van der Waals surface area contributed by atoms with E-state index in [9.17, 15) is 17.6 Å². The molecule has 0 fully saturated rings. The molecule has 2 aromatic carbocycles. The van der Waals surface area contributed by atoms with Crippen molar-refractivity contribution < 1.29 is 12.8 Å². The van der Waals surface area contributed by atoms with Crippen molar-refractivity contribution in [2.45, 2.75) is 9.79 Å². The van der Waals surface area contributed by atoms with Gasteiger partial charge in [0.2, 0.25) is 15.8 Å². The van der Waals surface area contributed by atoms with Crippen molar-refractivity contribution in [1.29, 1.82) is 0 Å². The van der Waals surface area contributed by atoms with Crippen LogP contribution in [0.15, 0.2) is 75.5 Å². The molecule has 0 spiro atoms. The molecule has 11 heteroatoms. The van der Waals surface area contributed by atoms with E-state index < -0.39 is 26.1 Å². The monoisotopic (exact) mass is 450 g/mol. The highest BCUT2D eigenvalue weighted by atomic mass is 32.2. The van der Waals surface area contributed by atoms with Crippen LogP contribution in [0, 0.1) is 5.82 Å². The second-order valence-corrected chi connectivity index (χ2v) is 9.02. The number of sulfone groups is 1. The molecular formula is C21H15FN6O3S. The highest BCUT2D eigenvalue weighted by Gasteiger charge is 2.24. The Balaban J connectivity index is 1.57. The summed E-state index contributed by atoms with van der Waals surface area (Å²) in [5.41, 5.74) is 1.12. The highest BCUT2D eigenvalue weighted by Crippen LogP contribution is 2.23. The summed E-state index contributed by atoms with van der Waals surface area (Å²) >= 11 is 0. The topological polar surface area (TPSA) is 123 Å². The quantitative estimate of drug-likeness (QED) is 0.404. The first-order chi connectivity index (χ1) is 15.3. The molecule has 0 unspecified atom stereocenters. The molecule has 0 bridgehead atoms. The van der Waals surface area contributed by atoms with Crippen LogP contribution in [-0.2, 0) is 16.9 Å². The molecule has 0 amide bonds. The third-order valence-corrected chi connectivity index (χ3v) is 6.79. The number of pyridine rings is 1. The normalized spacial score (nSPS) is 11.8. The highest BCUT2D eigenvalue weighted by molar-refractivity contribution is 7.91. The number of halogens is 1. The van der Waals surface area contributed by atoms with E-state index in [0.717, 1.165) is 45.4 Å².